The number of nitrogens with zero attached hydrogens (tertiary/aromatic N) is 2. The zero-order valence-electron chi connectivity index (χ0n) is 14.7. The minimum Gasteiger partial charge on any atom is -0.496 e. The van der Waals surface area contributed by atoms with E-state index < -0.39 is 0 Å². The van der Waals surface area contributed by atoms with Gasteiger partial charge in [-0.2, -0.15) is 0 Å². The zero-order chi connectivity index (χ0) is 17.5. The van der Waals surface area contributed by atoms with Crippen molar-refractivity contribution < 1.29 is 9.47 Å². The van der Waals surface area contributed by atoms with Crippen LogP contribution in [0.5, 0.6) is 11.5 Å². The molecule has 0 atom stereocenters. The van der Waals surface area contributed by atoms with Gasteiger partial charge in [0.25, 0.3) is 0 Å². The van der Waals surface area contributed by atoms with Crippen LogP contribution in [0.2, 0.25) is 0 Å². The number of rotatable bonds is 7. The van der Waals surface area contributed by atoms with Gasteiger partial charge in [-0.05, 0) is 55.3 Å². The number of benzene rings is 2. The number of hydrogen-bond acceptors (Lipinski definition) is 5. The van der Waals surface area contributed by atoms with Gasteiger partial charge in [0.15, 0.2) is 0 Å². The van der Waals surface area contributed by atoms with Crippen LogP contribution < -0.4 is 20.3 Å². The Hall–Kier alpha value is -2.53. The van der Waals surface area contributed by atoms with Crippen molar-refractivity contribution in [2.75, 3.05) is 25.7 Å². The number of aryl methyl sites for hydroxylation is 1. The largest absolute Gasteiger partial charge is 0.496 e. The first-order valence-electron chi connectivity index (χ1n) is 7.94. The van der Waals surface area contributed by atoms with Gasteiger partial charge in [-0.15, -0.1) is 0 Å². The van der Waals surface area contributed by atoms with E-state index in [-0.39, 0.29) is 0 Å². The highest BCUT2D eigenvalue weighted by molar-refractivity contribution is 5.80. The normalized spacial score (nSPS) is 10.9. The van der Waals surface area contributed by atoms with Gasteiger partial charge < -0.3 is 14.5 Å². The van der Waals surface area contributed by atoms with Crippen LogP contribution in [0.15, 0.2) is 41.4 Å². The monoisotopic (exact) mass is 327 g/mol. The summed E-state index contributed by atoms with van der Waals surface area (Å²) in [5.41, 5.74) is 3.92. The third kappa shape index (κ3) is 4.26. The molecule has 2 aromatic rings. The SMILES string of the molecule is CCN=Cc1ccc(OCc2c(OC)cccc2N(C)N)c(C)c1. The first-order valence-corrected chi connectivity index (χ1v) is 7.94. The quantitative estimate of drug-likeness (QED) is 0.481. The van der Waals surface area contributed by atoms with Crippen molar-refractivity contribution in [1.82, 2.24) is 0 Å². The molecule has 0 amide bonds. The third-order valence-corrected chi connectivity index (χ3v) is 3.70. The van der Waals surface area contributed by atoms with Crippen LogP contribution in [0.1, 0.15) is 23.6 Å². The van der Waals surface area contributed by atoms with Crippen LogP contribution in [0, 0.1) is 6.92 Å². The van der Waals surface area contributed by atoms with Crippen LogP contribution in [0.25, 0.3) is 0 Å². The Kier molecular flexibility index (Phi) is 6.21. The van der Waals surface area contributed by atoms with E-state index in [1.807, 2.05) is 50.4 Å². The molecule has 2 N–H and O–H groups in total. The summed E-state index contributed by atoms with van der Waals surface area (Å²) in [7, 11) is 3.44. The number of hydrazine groups is 1. The Morgan fingerprint density at radius 2 is 2.00 bits per heavy atom. The number of aliphatic imine (C=N–C) groups is 1. The van der Waals surface area contributed by atoms with Gasteiger partial charge in [-0.1, -0.05) is 6.07 Å². The molecule has 0 fully saturated rings. The maximum atomic E-state index is 6.01. The molecule has 0 saturated heterocycles. The molecule has 0 saturated carbocycles. The minimum atomic E-state index is 0.379. The lowest BCUT2D eigenvalue weighted by atomic mass is 10.1. The number of hydrogen-bond donors (Lipinski definition) is 1. The molecule has 0 heterocycles. The second-order valence-corrected chi connectivity index (χ2v) is 5.51. The fraction of sp³-hybridized carbons (Fsp3) is 0.316. The molecule has 0 unspecified atom stereocenters. The standard InChI is InChI=1S/C19H25N3O2/c1-5-21-12-15-9-10-18(14(2)11-15)24-13-16-17(22(3)20)7-6-8-19(16)23-4/h6-12H,5,13,20H2,1-4H3. The molecule has 0 aliphatic rings. The van der Waals surface area contributed by atoms with Crippen LogP contribution in [-0.4, -0.2) is 26.9 Å². The van der Waals surface area contributed by atoms with Crippen molar-refractivity contribution >= 4 is 11.9 Å². The molecular formula is C19H25N3O2. The van der Waals surface area contributed by atoms with Gasteiger partial charge in [-0.3, -0.25) is 4.99 Å². The van der Waals surface area contributed by atoms with Crippen molar-refractivity contribution in [1.29, 1.82) is 0 Å². The molecule has 2 rings (SSSR count). The van der Waals surface area contributed by atoms with Crippen LogP contribution >= 0.6 is 0 Å². The molecule has 0 aliphatic heterocycles. The summed E-state index contributed by atoms with van der Waals surface area (Å²) in [6.45, 7) is 5.20. The van der Waals surface area contributed by atoms with Gasteiger partial charge in [0.05, 0.1) is 18.4 Å². The molecular weight excluding hydrogens is 302 g/mol. The second-order valence-electron chi connectivity index (χ2n) is 5.51. The summed E-state index contributed by atoms with van der Waals surface area (Å²) in [6.07, 6.45) is 1.87. The van der Waals surface area contributed by atoms with Crippen LogP contribution in [-0.2, 0) is 6.61 Å². The highest BCUT2D eigenvalue weighted by Crippen LogP contribution is 2.30. The Morgan fingerprint density at radius 3 is 2.62 bits per heavy atom. The summed E-state index contributed by atoms with van der Waals surface area (Å²) in [4.78, 5) is 4.26. The summed E-state index contributed by atoms with van der Waals surface area (Å²) in [6, 6.07) is 11.8. The van der Waals surface area contributed by atoms with Gasteiger partial charge in [-0.25, -0.2) is 5.84 Å². The first-order chi connectivity index (χ1) is 11.6. The first kappa shape index (κ1) is 17.8. The van der Waals surface area contributed by atoms with Crippen LogP contribution in [0.3, 0.4) is 0 Å². The lowest BCUT2D eigenvalue weighted by Gasteiger charge is -2.20. The van der Waals surface area contributed by atoms with E-state index in [9.17, 15) is 0 Å². The van der Waals surface area contributed by atoms with E-state index in [0.717, 1.165) is 40.4 Å². The molecule has 0 bridgehead atoms. The Balaban J connectivity index is 2.21. The number of methoxy groups -OCH3 is 1. The average molecular weight is 327 g/mol. The van der Waals surface area contributed by atoms with Crippen molar-refractivity contribution in [2.24, 2.45) is 10.8 Å². The third-order valence-electron chi connectivity index (χ3n) is 3.70. The molecule has 24 heavy (non-hydrogen) atoms. The molecule has 2 aromatic carbocycles. The molecule has 0 aliphatic carbocycles. The average Bonchev–Trinajstić information content (AvgIpc) is 2.58. The number of nitrogens with two attached hydrogens (primary N) is 1. The number of anilines is 1. The van der Waals surface area contributed by atoms with Crippen molar-refractivity contribution in [3.8, 4) is 11.5 Å². The van der Waals surface area contributed by atoms with E-state index in [2.05, 4.69) is 11.1 Å². The molecule has 5 nitrogen and oxygen atoms in total. The lowest BCUT2D eigenvalue weighted by Crippen LogP contribution is -2.26. The predicted octanol–water partition coefficient (Wildman–Crippen LogP) is 3.33. The maximum Gasteiger partial charge on any atom is 0.127 e. The van der Waals surface area contributed by atoms with E-state index in [1.165, 1.54) is 0 Å². The highest BCUT2D eigenvalue weighted by Gasteiger charge is 2.12. The zero-order valence-corrected chi connectivity index (χ0v) is 14.7. The lowest BCUT2D eigenvalue weighted by molar-refractivity contribution is 0.295. The molecule has 0 aromatic heterocycles. The second kappa shape index (κ2) is 8.36. The van der Waals surface area contributed by atoms with E-state index in [1.54, 1.807) is 19.2 Å². The number of ether oxygens (including phenoxy) is 2. The smallest absolute Gasteiger partial charge is 0.127 e. The van der Waals surface area contributed by atoms with Gasteiger partial charge in [0, 0.05) is 19.8 Å². The molecule has 128 valence electrons. The van der Waals surface area contributed by atoms with Crippen molar-refractivity contribution in [3.63, 3.8) is 0 Å². The Labute approximate surface area is 143 Å². The maximum absolute atomic E-state index is 6.01. The Morgan fingerprint density at radius 1 is 1.21 bits per heavy atom. The summed E-state index contributed by atoms with van der Waals surface area (Å²) < 4.78 is 11.4. The fourth-order valence-electron chi connectivity index (χ4n) is 2.48. The van der Waals surface area contributed by atoms with Gasteiger partial charge in [0.2, 0.25) is 0 Å². The van der Waals surface area contributed by atoms with E-state index in [0.29, 0.717) is 6.61 Å². The Bertz CT molecular complexity index is 712. The van der Waals surface area contributed by atoms with Crippen molar-refractivity contribution in [2.45, 2.75) is 20.5 Å². The van der Waals surface area contributed by atoms with E-state index >= 15 is 0 Å². The van der Waals surface area contributed by atoms with E-state index in [4.69, 9.17) is 15.3 Å². The van der Waals surface area contributed by atoms with Crippen molar-refractivity contribution in [3.05, 3.63) is 53.1 Å². The predicted molar refractivity (Wildman–Crippen MR) is 99.2 cm³/mol. The summed E-state index contributed by atoms with van der Waals surface area (Å²) >= 11 is 0. The summed E-state index contributed by atoms with van der Waals surface area (Å²) in [5.74, 6) is 7.50. The van der Waals surface area contributed by atoms with Gasteiger partial charge in [0.1, 0.15) is 18.1 Å². The molecule has 5 heteroatoms. The minimum absolute atomic E-state index is 0.379. The topological polar surface area (TPSA) is 60.1 Å². The van der Waals surface area contributed by atoms with Gasteiger partial charge >= 0.3 is 0 Å². The fourth-order valence-corrected chi connectivity index (χ4v) is 2.48. The molecule has 0 spiro atoms. The van der Waals surface area contributed by atoms with Crippen LogP contribution in [0.4, 0.5) is 5.69 Å². The summed E-state index contributed by atoms with van der Waals surface area (Å²) in [5, 5.41) is 1.57. The molecule has 0 radical (unpaired) electrons. The highest BCUT2D eigenvalue weighted by atomic mass is 16.5.